The van der Waals surface area contributed by atoms with Gasteiger partial charge in [0.2, 0.25) is 0 Å². The molecule has 1 aliphatic rings. The van der Waals surface area contributed by atoms with Crippen LogP contribution in [0.5, 0.6) is 0 Å². The summed E-state index contributed by atoms with van der Waals surface area (Å²) in [7, 11) is 0. The third-order valence-electron chi connectivity index (χ3n) is 2.82. The van der Waals surface area contributed by atoms with E-state index in [1.165, 1.54) is 31.0 Å². The molecule has 1 aromatic carbocycles. The molecular weight excluding hydrogens is 305 g/mol. The summed E-state index contributed by atoms with van der Waals surface area (Å²) in [6.45, 7) is 1.09. The van der Waals surface area contributed by atoms with Gasteiger partial charge in [-0.2, -0.15) is 0 Å². The van der Waals surface area contributed by atoms with Gasteiger partial charge in [0.05, 0.1) is 4.92 Å². The number of hydrogen-bond donors (Lipinski definition) is 2. The van der Waals surface area contributed by atoms with Crippen LogP contribution < -0.4 is 10.6 Å². The summed E-state index contributed by atoms with van der Waals surface area (Å²) in [4.78, 5) is 22.1. The van der Waals surface area contributed by atoms with Crippen molar-refractivity contribution in [2.45, 2.75) is 18.9 Å². The minimum atomic E-state index is -0.590. The lowest BCUT2D eigenvalue weighted by Crippen LogP contribution is -2.32. The van der Waals surface area contributed by atoms with E-state index in [-0.39, 0.29) is 23.7 Å². The summed E-state index contributed by atoms with van der Waals surface area (Å²) >= 11 is 5.76. The topological polar surface area (TPSA) is 84.3 Å². The molecule has 1 aliphatic carbocycles. The minimum Gasteiger partial charge on any atom is -0.351 e. The maximum Gasteiger partial charge on any atom is 0.282 e. The first-order valence-corrected chi connectivity index (χ1v) is 6.41. The Labute approximate surface area is 127 Å². The summed E-state index contributed by atoms with van der Waals surface area (Å²) in [6, 6.07) is 4.51. The quantitative estimate of drug-likeness (QED) is 0.478. The summed E-state index contributed by atoms with van der Waals surface area (Å²) < 4.78 is 0. The van der Waals surface area contributed by atoms with E-state index in [2.05, 4.69) is 10.6 Å². The second-order valence-electron chi connectivity index (χ2n) is 4.40. The summed E-state index contributed by atoms with van der Waals surface area (Å²) in [5.74, 6) is -0.480. The first kappa shape index (κ1) is 16.7. The van der Waals surface area contributed by atoms with Crippen molar-refractivity contribution in [3.05, 3.63) is 38.9 Å². The zero-order chi connectivity index (χ0) is 13.8. The van der Waals surface area contributed by atoms with Crippen LogP contribution in [-0.4, -0.2) is 30.0 Å². The number of nitrogens with zero attached hydrogens (tertiary/aromatic N) is 1. The number of nitro benzene ring substituents is 1. The lowest BCUT2D eigenvalue weighted by Gasteiger charge is -2.07. The van der Waals surface area contributed by atoms with E-state index in [0.29, 0.717) is 24.2 Å². The Morgan fingerprint density at radius 3 is 2.70 bits per heavy atom. The van der Waals surface area contributed by atoms with E-state index in [1.54, 1.807) is 0 Å². The van der Waals surface area contributed by atoms with Gasteiger partial charge in [-0.05, 0) is 25.0 Å². The normalized spacial score (nSPS) is 13.4. The van der Waals surface area contributed by atoms with Gasteiger partial charge in [-0.1, -0.05) is 11.6 Å². The molecule has 0 spiro atoms. The van der Waals surface area contributed by atoms with E-state index < -0.39 is 10.8 Å². The first-order valence-electron chi connectivity index (χ1n) is 6.03. The summed E-state index contributed by atoms with van der Waals surface area (Å²) in [5, 5.41) is 17.0. The Kier molecular flexibility index (Phi) is 6.19. The monoisotopic (exact) mass is 319 g/mol. The fourth-order valence-corrected chi connectivity index (χ4v) is 1.86. The molecule has 8 heteroatoms. The van der Waals surface area contributed by atoms with Crippen molar-refractivity contribution in [2.75, 3.05) is 13.1 Å². The largest absolute Gasteiger partial charge is 0.351 e. The third kappa shape index (κ3) is 4.63. The molecule has 0 radical (unpaired) electrons. The number of rotatable bonds is 6. The number of carbonyl (C=O) groups is 1. The Morgan fingerprint density at radius 1 is 1.40 bits per heavy atom. The van der Waals surface area contributed by atoms with Crippen LogP contribution in [0.3, 0.4) is 0 Å². The van der Waals surface area contributed by atoms with Crippen LogP contribution in [0.1, 0.15) is 23.2 Å². The van der Waals surface area contributed by atoms with E-state index in [4.69, 9.17) is 11.6 Å². The van der Waals surface area contributed by atoms with Gasteiger partial charge in [-0.3, -0.25) is 14.9 Å². The smallest absolute Gasteiger partial charge is 0.282 e. The maximum atomic E-state index is 11.9. The van der Waals surface area contributed by atoms with E-state index in [9.17, 15) is 14.9 Å². The number of benzene rings is 1. The molecular formula is C12H15Cl2N3O3. The molecule has 0 saturated heterocycles. The summed E-state index contributed by atoms with van der Waals surface area (Å²) in [5.41, 5.74) is -0.249. The van der Waals surface area contributed by atoms with E-state index >= 15 is 0 Å². The Bertz CT molecular complexity index is 507. The number of halogens is 2. The molecule has 0 unspecified atom stereocenters. The average Bonchev–Trinajstić information content (AvgIpc) is 3.18. The van der Waals surface area contributed by atoms with Crippen molar-refractivity contribution < 1.29 is 9.72 Å². The van der Waals surface area contributed by atoms with Crippen LogP contribution >= 0.6 is 24.0 Å². The van der Waals surface area contributed by atoms with Crippen LogP contribution in [0, 0.1) is 10.1 Å². The van der Waals surface area contributed by atoms with Crippen LogP contribution in [0.25, 0.3) is 0 Å². The first-order chi connectivity index (χ1) is 9.08. The predicted molar refractivity (Wildman–Crippen MR) is 78.7 cm³/mol. The highest BCUT2D eigenvalue weighted by Gasteiger charge is 2.21. The van der Waals surface area contributed by atoms with E-state index in [1.807, 2.05) is 0 Å². The molecule has 0 heterocycles. The summed E-state index contributed by atoms with van der Waals surface area (Å²) in [6.07, 6.45) is 2.35. The molecule has 1 saturated carbocycles. The Balaban J connectivity index is 0.00000200. The zero-order valence-corrected chi connectivity index (χ0v) is 12.2. The highest BCUT2D eigenvalue weighted by atomic mass is 35.5. The van der Waals surface area contributed by atoms with Gasteiger partial charge in [0, 0.05) is 30.2 Å². The zero-order valence-electron chi connectivity index (χ0n) is 10.6. The van der Waals surface area contributed by atoms with Gasteiger partial charge in [0.25, 0.3) is 11.6 Å². The standard InChI is InChI=1S/C12H14ClN3O3.ClH/c13-8-1-4-11(16(18)19)10(7-8)12(17)15-6-5-14-9-2-3-9;/h1,4,7,9,14H,2-3,5-6H2,(H,15,17);1H. The highest BCUT2D eigenvalue weighted by molar-refractivity contribution is 6.31. The molecule has 6 nitrogen and oxygen atoms in total. The number of hydrogen-bond acceptors (Lipinski definition) is 4. The van der Waals surface area contributed by atoms with E-state index in [0.717, 1.165) is 0 Å². The van der Waals surface area contributed by atoms with Crippen molar-refractivity contribution in [3.63, 3.8) is 0 Å². The Hall–Kier alpha value is -1.37. The van der Waals surface area contributed by atoms with Crippen molar-refractivity contribution in [1.29, 1.82) is 0 Å². The second kappa shape index (κ2) is 7.42. The van der Waals surface area contributed by atoms with Gasteiger partial charge in [0.1, 0.15) is 5.56 Å². The SMILES string of the molecule is Cl.O=C(NCCNC1CC1)c1cc(Cl)ccc1[N+](=O)[O-]. The molecule has 0 aromatic heterocycles. The highest BCUT2D eigenvalue weighted by Crippen LogP contribution is 2.22. The van der Waals surface area contributed by atoms with Crippen molar-refractivity contribution >= 4 is 35.6 Å². The lowest BCUT2D eigenvalue weighted by atomic mass is 10.1. The van der Waals surface area contributed by atoms with Gasteiger partial charge in [0.15, 0.2) is 0 Å². The lowest BCUT2D eigenvalue weighted by molar-refractivity contribution is -0.385. The van der Waals surface area contributed by atoms with Gasteiger partial charge in [-0.15, -0.1) is 12.4 Å². The molecule has 110 valence electrons. The molecule has 0 bridgehead atoms. The number of carbonyl (C=O) groups excluding carboxylic acids is 1. The number of amides is 1. The average molecular weight is 320 g/mol. The number of nitro groups is 1. The van der Waals surface area contributed by atoms with Crippen LogP contribution in [-0.2, 0) is 0 Å². The van der Waals surface area contributed by atoms with Crippen LogP contribution in [0.15, 0.2) is 18.2 Å². The molecule has 20 heavy (non-hydrogen) atoms. The van der Waals surface area contributed by atoms with Crippen molar-refractivity contribution in [2.24, 2.45) is 0 Å². The molecule has 0 aliphatic heterocycles. The number of nitrogens with one attached hydrogen (secondary N) is 2. The molecule has 2 N–H and O–H groups in total. The van der Waals surface area contributed by atoms with Crippen molar-refractivity contribution in [3.8, 4) is 0 Å². The third-order valence-corrected chi connectivity index (χ3v) is 3.06. The van der Waals surface area contributed by atoms with Gasteiger partial charge >= 0.3 is 0 Å². The fourth-order valence-electron chi connectivity index (χ4n) is 1.68. The van der Waals surface area contributed by atoms with Gasteiger partial charge in [-0.25, -0.2) is 0 Å². The molecule has 2 rings (SSSR count). The molecule has 1 aromatic rings. The second-order valence-corrected chi connectivity index (χ2v) is 4.84. The van der Waals surface area contributed by atoms with Gasteiger partial charge < -0.3 is 10.6 Å². The predicted octanol–water partition coefficient (Wildman–Crippen LogP) is 2.15. The van der Waals surface area contributed by atoms with Crippen molar-refractivity contribution in [1.82, 2.24) is 10.6 Å². The molecule has 1 fully saturated rings. The molecule has 1 amide bonds. The Morgan fingerprint density at radius 2 is 2.10 bits per heavy atom. The molecule has 0 atom stereocenters. The van der Waals surface area contributed by atoms with Crippen LogP contribution in [0.2, 0.25) is 5.02 Å². The maximum absolute atomic E-state index is 11.9. The van der Waals surface area contributed by atoms with Crippen LogP contribution in [0.4, 0.5) is 5.69 Å². The minimum absolute atomic E-state index is 0. The fraction of sp³-hybridized carbons (Fsp3) is 0.417.